The van der Waals surface area contributed by atoms with Crippen molar-refractivity contribution in [3.63, 3.8) is 0 Å². The van der Waals surface area contributed by atoms with Gasteiger partial charge in [-0.25, -0.2) is 0 Å². The number of ether oxygens (including phenoxy) is 1. The lowest BCUT2D eigenvalue weighted by Gasteiger charge is -2.28. The molecule has 0 bridgehead atoms. The van der Waals surface area contributed by atoms with Gasteiger partial charge in [-0.1, -0.05) is 0 Å². The summed E-state index contributed by atoms with van der Waals surface area (Å²) >= 11 is 5.10. The van der Waals surface area contributed by atoms with E-state index >= 15 is 0 Å². The van der Waals surface area contributed by atoms with E-state index in [1.54, 1.807) is 36.7 Å². The van der Waals surface area contributed by atoms with Gasteiger partial charge in [-0.05, 0) is 36.5 Å². The third-order valence-electron chi connectivity index (χ3n) is 3.93. The molecule has 1 amide bonds. The summed E-state index contributed by atoms with van der Waals surface area (Å²) in [6, 6.07) is 7.84. The number of anilines is 2. The Morgan fingerprint density at radius 3 is 2.74 bits per heavy atom. The highest BCUT2D eigenvalue weighted by Gasteiger charge is 2.23. The van der Waals surface area contributed by atoms with Crippen molar-refractivity contribution in [2.45, 2.75) is 0 Å². The first-order chi connectivity index (χ1) is 13.0. The molecule has 0 saturated carbocycles. The van der Waals surface area contributed by atoms with Crippen LogP contribution < -0.4 is 15.5 Å². The van der Waals surface area contributed by atoms with Crippen LogP contribution >= 0.6 is 12.2 Å². The molecule has 2 heterocycles. The molecule has 0 radical (unpaired) electrons. The average molecular weight is 387 g/mol. The first-order valence-electron chi connectivity index (χ1n) is 8.18. The van der Waals surface area contributed by atoms with Crippen molar-refractivity contribution in [3.8, 4) is 0 Å². The van der Waals surface area contributed by atoms with Gasteiger partial charge in [-0.15, -0.1) is 0 Å². The van der Waals surface area contributed by atoms with Crippen LogP contribution in [-0.2, 0) is 4.74 Å². The quantitative estimate of drug-likeness (QED) is 0.465. The number of rotatable bonds is 4. The van der Waals surface area contributed by atoms with Gasteiger partial charge < -0.3 is 15.0 Å². The minimum atomic E-state index is -0.534. The molecule has 9 nitrogen and oxygen atoms in total. The molecule has 2 aromatic rings. The van der Waals surface area contributed by atoms with Crippen molar-refractivity contribution in [1.82, 2.24) is 10.3 Å². The number of carbonyl (C=O) groups excluding carboxylic acids is 1. The Hall–Kier alpha value is -3.11. The van der Waals surface area contributed by atoms with E-state index in [9.17, 15) is 14.9 Å². The molecule has 1 aromatic carbocycles. The van der Waals surface area contributed by atoms with Crippen molar-refractivity contribution in [3.05, 3.63) is 58.4 Å². The van der Waals surface area contributed by atoms with Crippen molar-refractivity contribution in [2.24, 2.45) is 0 Å². The molecule has 1 aliphatic rings. The number of thiocarbonyl (C=S) groups is 1. The monoisotopic (exact) mass is 387 g/mol. The fourth-order valence-electron chi connectivity index (χ4n) is 2.66. The van der Waals surface area contributed by atoms with Gasteiger partial charge in [0.15, 0.2) is 5.11 Å². The van der Waals surface area contributed by atoms with Crippen molar-refractivity contribution in [1.29, 1.82) is 0 Å². The molecule has 27 heavy (non-hydrogen) atoms. The summed E-state index contributed by atoms with van der Waals surface area (Å²) in [5.74, 6) is -0.534. The molecule has 0 aliphatic carbocycles. The first kappa shape index (κ1) is 18.7. The smallest absolute Gasteiger partial charge is 0.293 e. The number of nitro benzene ring substituents is 1. The fourth-order valence-corrected chi connectivity index (χ4v) is 2.87. The second-order valence-electron chi connectivity index (χ2n) is 5.71. The van der Waals surface area contributed by atoms with Gasteiger partial charge in [-0.3, -0.25) is 25.2 Å². The topological polar surface area (TPSA) is 110 Å². The minimum Gasteiger partial charge on any atom is -0.378 e. The zero-order valence-corrected chi connectivity index (χ0v) is 15.1. The molecule has 140 valence electrons. The highest BCUT2D eigenvalue weighted by molar-refractivity contribution is 7.80. The Kier molecular flexibility index (Phi) is 5.89. The molecule has 0 spiro atoms. The largest absolute Gasteiger partial charge is 0.378 e. The number of pyridine rings is 1. The summed E-state index contributed by atoms with van der Waals surface area (Å²) in [7, 11) is 0. The molecule has 0 unspecified atom stereocenters. The number of morpholine rings is 1. The van der Waals surface area contributed by atoms with E-state index < -0.39 is 10.8 Å². The van der Waals surface area contributed by atoms with Crippen LogP contribution in [0.4, 0.5) is 17.1 Å². The highest BCUT2D eigenvalue weighted by atomic mass is 32.1. The standard InChI is InChI=1S/C17H17N5O4S/c23-16(20-17(27)19-13-2-1-5-18-11-13)12-3-4-14(15(10-12)22(24)25)21-6-8-26-9-7-21/h1-5,10-11H,6-9H2,(H2,19,20,23,27). The lowest BCUT2D eigenvalue weighted by molar-refractivity contribution is -0.384. The summed E-state index contributed by atoms with van der Waals surface area (Å²) in [6.45, 7) is 2.14. The number of hydrogen-bond acceptors (Lipinski definition) is 7. The van der Waals surface area contributed by atoms with Crippen LogP contribution in [0.2, 0.25) is 0 Å². The van der Waals surface area contributed by atoms with Crippen LogP contribution in [0.25, 0.3) is 0 Å². The van der Waals surface area contributed by atoms with Gasteiger partial charge in [0, 0.05) is 30.9 Å². The summed E-state index contributed by atoms with van der Waals surface area (Å²) in [5.41, 5.74) is 1.11. The third-order valence-corrected chi connectivity index (χ3v) is 4.14. The SMILES string of the molecule is O=C(NC(=S)Nc1cccnc1)c1ccc(N2CCOCC2)c([N+](=O)[O-])c1. The summed E-state index contributed by atoms with van der Waals surface area (Å²) in [4.78, 5) is 29.2. The normalized spacial score (nSPS) is 13.7. The predicted octanol–water partition coefficient (Wildman–Crippen LogP) is 1.95. The van der Waals surface area contributed by atoms with E-state index in [1.165, 1.54) is 6.07 Å². The van der Waals surface area contributed by atoms with Crippen LogP contribution in [0.1, 0.15) is 10.4 Å². The molecule has 1 aromatic heterocycles. The van der Waals surface area contributed by atoms with E-state index in [0.29, 0.717) is 37.7 Å². The number of nitro groups is 1. The Labute approximate surface area is 160 Å². The van der Waals surface area contributed by atoms with E-state index in [4.69, 9.17) is 17.0 Å². The molecule has 1 saturated heterocycles. The van der Waals surface area contributed by atoms with Crippen LogP contribution in [0, 0.1) is 10.1 Å². The first-order valence-corrected chi connectivity index (χ1v) is 8.59. The second kappa shape index (κ2) is 8.52. The van der Waals surface area contributed by atoms with Crippen LogP contribution in [0.5, 0.6) is 0 Å². The van der Waals surface area contributed by atoms with E-state index in [2.05, 4.69) is 15.6 Å². The number of carbonyl (C=O) groups is 1. The van der Waals surface area contributed by atoms with Gasteiger partial charge in [0.25, 0.3) is 11.6 Å². The lowest BCUT2D eigenvalue weighted by atomic mass is 10.1. The predicted molar refractivity (Wildman–Crippen MR) is 104 cm³/mol. The number of nitrogens with one attached hydrogen (secondary N) is 2. The fraction of sp³-hybridized carbons (Fsp3) is 0.235. The zero-order chi connectivity index (χ0) is 19.2. The Balaban J connectivity index is 1.73. The average Bonchev–Trinajstić information content (AvgIpc) is 2.68. The van der Waals surface area contributed by atoms with Gasteiger partial charge in [0.05, 0.1) is 30.0 Å². The van der Waals surface area contributed by atoms with E-state index in [0.717, 1.165) is 0 Å². The van der Waals surface area contributed by atoms with Gasteiger partial charge in [0.1, 0.15) is 5.69 Å². The second-order valence-corrected chi connectivity index (χ2v) is 6.12. The maximum Gasteiger partial charge on any atom is 0.293 e. The minimum absolute atomic E-state index is 0.0768. The van der Waals surface area contributed by atoms with Crippen LogP contribution in [0.15, 0.2) is 42.7 Å². The van der Waals surface area contributed by atoms with Crippen molar-refractivity contribution < 1.29 is 14.5 Å². The molecule has 1 aliphatic heterocycles. The summed E-state index contributed by atoms with van der Waals surface area (Å²) in [6.07, 6.45) is 3.17. The van der Waals surface area contributed by atoms with E-state index in [-0.39, 0.29) is 16.4 Å². The lowest BCUT2D eigenvalue weighted by Crippen LogP contribution is -2.37. The third kappa shape index (κ3) is 4.74. The van der Waals surface area contributed by atoms with Crippen LogP contribution in [-0.4, -0.2) is 47.2 Å². The van der Waals surface area contributed by atoms with Crippen molar-refractivity contribution >= 4 is 40.3 Å². The molecular weight excluding hydrogens is 370 g/mol. The van der Waals surface area contributed by atoms with E-state index in [1.807, 2.05) is 4.90 Å². The zero-order valence-electron chi connectivity index (χ0n) is 14.3. The number of nitrogens with zero attached hydrogens (tertiary/aromatic N) is 3. The number of hydrogen-bond donors (Lipinski definition) is 2. The molecule has 3 rings (SSSR count). The molecule has 0 atom stereocenters. The number of benzene rings is 1. The number of aromatic nitrogens is 1. The number of amides is 1. The Morgan fingerprint density at radius 1 is 1.30 bits per heavy atom. The summed E-state index contributed by atoms with van der Waals surface area (Å²) in [5, 5.41) is 16.9. The maximum atomic E-state index is 12.4. The molecule has 1 fully saturated rings. The Morgan fingerprint density at radius 2 is 2.07 bits per heavy atom. The molecular formula is C17H17N5O4S. The van der Waals surface area contributed by atoms with Gasteiger partial charge in [-0.2, -0.15) is 0 Å². The van der Waals surface area contributed by atoms with Gasteiger partial charge >= 0.3 is 0 Å². The summed E-state index contributed by atoms with van der Waals surface area (Å²) < 4.78 is 5.27. The Bertz CT molecular complexity index is 856. The van der Waals surface area contributed by atoms with Crippen LogP contribution in [0.3, 0.4) is 0 Å². The van der Waals surface area contributed by atoms with Crippen molar-refractivity contribution in [2.75, 3.05) is 36.5 Å². The van der Waals surface area contributed by atoms with Gasteiger partial charge in [0.2, 0.25) is 0 Å². The molecule has 2 N–H and O–H groups in total. The highest BCUT2D eigenvalue weighted by Crippen LogP contribution is 2.29. The molecule has 10 heteroatoms. The maximum absolute atomic E-state index is 12.4.